The lowest BCUT2D eigenvalue weighted by atomic mass is 9.54. The van der Waals surface area contributed by atoms with Gasteiger partial charge in [-0.1, -0.05) is 12.1 Å². The van der Waals surface area contributed by atoms with Crippen LogP contribution in [0.3, 0.4) is 0 Å². The van der Waals surface area contributed by atoms with Gasteiger partial charge < -0.3 is 15.1 Å². The second-order valence-corrected chi connectivity index (χ2v) is 10.6. The van der Waals surface area contributed by atoms with Gasteiger partial charge in [0.2, 0.25) is 0 Å². The van der Waals surface area contributed by atoms with Crippen molar-refractivity contribution in [3.05, 3.63) is 53.3 Å². The fourth-order valence-electron chi connectivity index (χ4n) is 6.97. The molecule has 3 aliphatic carbocycles. The number of fused-ring (bicyclic) bond motifs is 1. The van der Waals surface area contributed by atoms with Crippen molar-refractivity contribution in [2.24, 2.45) is 17.8 Å². The van der Waals surface area contributed by atoms with Crippen LogP contribution < -0.4 is 0 Å². The van der Waals surface area contributed by atoms with Crippen LogP contribution in [-0.4, -0.2) is 58.8 Å². The summed E-state index contributed by atoms with van der Waals surface area (Å²) in [6, 6.07) is 6.84. The van der Waals surface area contributed by atoms with E-state index in [9.17, 15) is 10.2 Å². The van der Waals surface area contributed by atoms with E-state index >= 15 is 0 Å². The summed E-state index contributed by atoms with van der Waals surface area (Å²) >= 11 is 0. The summed E-state index contributed by atoms with van der Waals surface area (Å²) in [4.78, 5) is 5.52. The normalized spacial score (nSPS) is 36.1. The first-order valence-electron chi connectivity index (χ1n) is 12.0. The van der Waals surface area contributed by atoms with Gasteiger partial charge in [0.05, 0.1) is 0 Å². The first-order chi connectivity index (χ1) is 14.6. The standard InChI is InChI=1S/C26H34N2O2/c29-21-6-3-18(4-7-21)15-27-11-9-26-10-12-28(16-19-1-2-19)25(24(26)17-27)13-20-5-8-22(30)14-23(20)26/h3,5-8,14,18-19,24-25,29-30H,1-2,4,9-13,15-17H2/t18?,24-,25+,26-/m0/s1. The lowest BCUT2D eigenvalue weighted by Gasteiger charge is -2.61. The van der Waals surface area contributed by atoms with Gasteiger partial charge in [-0.2, -0.15) is 0 Å². The number of benzene rings is 1. The molecule has 2 bridgehead atoms. The first-order valence-corrected chi connectivity index (χ1v) is 12.0. The number of aromatic hydroxyl groups is 1. The molecule has 30 heavy (non-hydrogen) atoms. The third kappa shape index (κ3) is 3.20. The number of nitrogens with zero attached hydrogens (tertiary/aromatic N) is 2. The maximum Gasteiger partial charge on any atom is 0.115 e. The minimum Gasteiger partial charge on any atom is -0.508 e. The molecule has 0 spiro atoms. The molecule has 4 atom stereocenters. The Bertz CT molecular complexity index is 889. The Morgan fingerprint density at radius 3 is 2.73 bits per heavy atom. The molecule has 2 aliphatic heterocycles. The van der Waals surface area contributed by atoms with E-state index in [2.05, 4.69) is 28.0 Å². The lowest BCUT2D eigenvalue weighted by Crippen LogP contribution is -2.65. The van der Waals surface area contributed by atoms with Crippen LogP contribution in [0.1, 0.15) is 43.2 Å². The van der Waals surface area contributed by atoms with Gasteiger partial charge in [0, 0.05) is 31.1 Å². The summed E-state index contributed by atoms with van der Waals surface area (Å²) in [5.74, 6) is 2.95. The van der Waals surface area contributed by atoms with E-state index in [1.54, 1.807) is 0 Å². The second kappa shape index (κ2) is 7.13. The number of aliphatic hydroxyl groups is 1. The zero-order chi connectivity index (χ0) is 20.3. The topological polar surface area (TPSA) is 46.9 Å². The molecule has 1 aromatic rings. The molecule has 6 rings (SSSR count). The van der Waals surface area contributed by atoms with Crippen molar-refractivity contribution < 1.29 is 10.2 Å². The molecule has 3 fully saturated rings. The molecule has 2 heterocycles. The fourth-order valence-corrected chi connectivity index (χ4v) is 6.97. The number of phenols is 1. The number of allylic oxidation sites excluding steroid dienone is 2. The smallest absolute Gasteiger partial charge is 0.115 e. The van der Waals surface area contributed by atoms with E-state index in [1.165, 1.54) is 56.4 Å². The van der Waals surface area contributed by atoms with Gasteiger partial charge in [-0.3, -0.25) is 4.90 Å². The molecule has 4 heteroatoms. The van der Waals surface area contributed by atoms with Gasteiger partial charge in [-0.05, 0) is 105 Å². The number of phenolic OH excluding ortho intramolecular Hbond substituents is 1. The van der Waals surface area contributed by atoms with Crippen molar-refractivity contribution in [3.8, 4) is 5.75 Å². The van der Waals surface area contributed by atoms with Gasteiger partial charge in [-0.15, -0.1) is 0 Å². The van der Waals surface area contributed by atoms with E-state index in [1.807, 2.05) is 18.2 Å². The van der Waals surface area contributed by atoms with Gasteiger partial charge in [0.25, 0.3) is 0 Å². The number of aliphatic hydroxyl groups excluding tert-OH is 1. The van der Waals surface area contributed by atoms with Crippen molar-refractivity contribution in [3.63, 3.8) is 0 Å². The van der Waals surface area contributed by atoms with Crippen LogP contribution in [-0.2, 0) is 11.8 Å². The van der Waals surface area contributed by atoms with Crippen molar-refractivity contribution in [1.29, 1.82) is 0 Å². The molecular weight excluding hydrogens is 372 g/mol. The average molecular weight is 407 g/mol. The molecule has 0 amide bonds. The van der Waals surface area contributed by atoms with Crippen molar-refractivity contribution in [1.82, 2.24) is 9.80 Å². The maximum absolute atomic E-state index is 10.3. The third-order valence-corrected chi connectivity index (χ3v) is 8.73. The Morgan fingerprint density at radius 1 is 1.07 bits per heavy atom. The van der Waals surface area contributed by atoms with Crippen LogP contribution in [0.5, 0.6) is 5.75 Å². The summed E-state index contributed by atoms with van der Waals surface area (Å²) in [7, 11) is 0. The molecule has 1 saturated carbocycles. The molecule has 5 aliphatic rings. The predicted molar refractivity (Wildman–Crippen MR) is 119 cm³/mol. The Kier molecular flexibility index (Phi) is 4.50. The highest BCUT2D eigenvalue weighted by Gasteiger charge is 2.55. The van der Waals surface area contributed by atoms with Crippen LogP contribution >= 0.6 is 0 Å². The van der Waals surface area contributed by atoms with Gasteiger partial charge in [0.15, 0.2) is 0 Å². The van der Waals surface area contributed by atoms with E-state index in [-0.39, 0.29) is 5.41 Å². The van der Waals surface area contributed by atoms with E-state index < -0.39 is 0 Å². The molecule has 2 N–H and O–H groups in total. The zero-order valence-electron chi connectivity index (χ0n) is 17.8. The minimum atomic E-state index is 0.244. The Morgan fingerprint density at radius 2 is 1.93 bits per heavy atom. The maximum atomic E-state index is 10.3. The highest BCUT2D eigenvalue weighted by molar-refractivity contribution is 5.45. The first kappa shape index (κ1) is 18.9. The molecular formula is C26H34N2O2. The Labute approximate surface area is 179 Å². The molecule has 1 unspecified atom stereocenters. The zero-order valence-corrected chi connectivity index (χ0v) is 17.8. The molecule has 160 valence electrons. The van der Waals surface area contributed by atoms with Crippen molar-refractivity contribution in [2.45, 2.75) is 50.0 Å². The molecule has 0 aromatic heterocycles. The molecule has 0 radical (unpaired) electrons. The Hall–Kier alpha value is -1.78. The Balaban J connectivity index is 1.28. The van der Waals surface area contributed by atoms with Crippen LogP contribution in [0.15, 0.2) is 42.2 Å². The predicted octanol–water partition coefficient (Wildman–Crippen LogP) is 4.01. The largest absolute Gasteiger partial charge is 0.508 e. The molecule has 1 aromatic carbocycles. The summed E-state index contributed by atoms with van der Waals surface area (Å²) in [5.41, 5.74) is 3.19. The molecule has 4 nitrogen and oxygen atoms in total. The summed E-state index contributed by atoms with van der Waals surface area (Å²) in [6.07, 6.45) is 13.4. The summed E-state index contributed by atoms with van der Waals surface area (Å²) in [5, 5.41) is 19.9. The van der Waals surface area contributed by atoms with E-state index in [4.69, 9.17) is 0 Å². The lowest BCUT2D eigenvalue weighted by molar-refractivity contribution is -0.0413. The highest BCUT2D eigenvalue weighted by atomic mass is 16.3. The minimum absolute atomic E-state index is 0.244. The third-order valence-electron chi connectivity index (χ3n) is 8.73. The van der Waals surface area contributed by atoms with E-state index in [0.29, 0.717) is 29.4 Å². The monoisotopic (exact) mass is 406 g/mol. The number of hydrogen-bond acceptors (Lipinski definition) is 4. The highest BCUT2D eigenvalue weighted by Crippen LogP contribution is 2.54. The summed E-state index contributed by atoms with van der Waals surface area (Å²) in [6.45, 7) is 5.92. The van der Waals surface area contributed by atoms with Gasteiger partial charge in [0.1, 0.15) is 11.5 Å². The number of hydrogen-bond donors (Lipinski definition) is 2. The molecule has 2 saturated heterocycles. The number of rotatable bonds is 4. The van der Waals surface area contributed by atoms with Gasteiger partial charge in [-0.25, -0.2) is 0 Å². The van der Waals surface area contributed by atoms with Gasteiger partial charge >= 0.3 is 0 Å². The number of piperidine rings is 2. The second-order valence-electron chi connectivity index (χ2n) is 10.6. The van der Waals surface area contributed by atoms with Crippen LogP contribution in [0, 0.1) is 17.8 Å². The van der Waals surface area contributed by atoms with Crippen LogP contribution in [0.25, 0.3) is 0 Å². The SMILES string of the molecule is OC1=CCC(CN2CC[C@]34CCN(CC5CC5)[C@H](Cc5ccc(O)cc53)[C@@H]4C2)C=C1. The van der Waals surface area contributed by atoms with Crippen LogP contribution in [0.4, 0.5) is 0 Å². The number of likely N-dealkylation sites (tertiary alicyclic amines) is 2. The van der Waals surface area contributed by atoms with Crippen molar-refractivity contribution in [2.75, 3.05) is 32.7 Å². The summed E-state index contributed by atoms with van der Waals surface area (Å²) < 4.78 is 0. The van der Waals surface area contributed by atoms with Crippen LogP contribution in [0.2, 0.25) is 0 Å². The average Bonchev–Trinajstić information content (AvgIpc) is 3.56. The fraction of sp³-hybridized carbons (Fsp3) is 0.615. The van der Waals surface area contributed by atoms with Crippen molar-refractivity contribution >= 4 is 0 Å². The quantitative estimate of drug-likeness (QED) is 0.793. The van der Waals surface area contributed by atoms with E-state index in [0.717, 1.165) is 31.8 Å².